The maximum absolute atomic E-state index is 12.9. The third-order valence-corrected chi connectivity index (χ3v) is 7.10. The van der Waals surface area contributed by atoms with Crippen LogP contribution in [0.25, 0.3) is 16.8 Å². The summed E-state index contributed by atoms with van der Waals surface area (Å²) in [7, 11) is 0. The normalized spacial score (nSPS) is 16.3. The maximum atomic E-state index is 12.9. The number of carbonyl (C=O) groups is 1. The van der Waals surface area contributed by atoms with E-state index in [1.54, 1.807) is 22.9 Å². The van der Waals surface area contributed by atoms with Crippen LogP contribution in [0.2, 0.25) is 0 Å². The fourth-order valence-corrected chi connectivity index (χ4v) is 5.18. The van der Waals surface area contributed by atoms with Crippen LogP contribution in [0, 0.1) is 0 Å². The molecule has 170 valence electrons. The number of benzene rings is 1. The second kappa shape index (κ2) is 9.90. The molecule has 0 atom stereocenters. The second-order valence-electron chi connectivity index (χ2n) is 7.40. The van der Waals surface area contributed by atoms with Crippen LogP contribution in [-0.2, 0) is 14.3 Å². The number of thiophene rings is 1. The van der Waals surface area contributed by atoms with E-state index in [1.807, 2.05) is 35.7 Å². The van der Waals surface area contributed by atoms with Crippen molar-refractivity contribution >= 4 is 46.5 Å². The Kier molecular flexibility index (Phi) is 6.56. The molecule has 0 N–H and O–H groups in total. The van der Waals surface area contributed by atoms with Crippen molar-refractivity contribution in [2.24, 2.45) is 5.10 Å². The number of morpholine rings is 1. The highest BCUT2D eigenvalue weighted by Crippen LogP contribution is 2.31. The van der Waals surface area contributed by atoms with Gasteiger partial charge in [-0.25, -0.2) is 4.79 Å². The number of aromatic nitrogens is 3. The molecule has 10 heteroatoms. The van der Waals surface area contributed by atoms with Gasteiger partial charge in [-0.15, -0.1) is 21.5 Å². The first-order valence-electron chi connectivity index (χ1n) is 10.7. The van der Waals surface area contributed by atoms with Gasteiger partial charge >= 0.3 is 5.97 Å². The van der Waals surface area contributed by atoms with Crippen molar-refractivity contribution in [2.75, 3.05) is 43.6 Å². The van der Waals surface area contributed by atoms with E-state index in [-0.39, 0.29) is 5.97 Å². The third-order valence-electron chi connectivity index (χ3n) is 5.30. The molecule has 1 aromatic carbocycles. The molecule has 1 saturated heterocycles. The molecule has 8 nitrogen and oxygen atoms in total. The summed E-state index contributed by atoms with van der Waals surface area (Å²) in [6.45, 7) is 5.34. The molecule has 0 unspecified atom stereocenters. The van der Waals surface area contributed by atoms with E-state index in [9.17, 15) is 4.79 Å². The zero-order valence-electron chi connectivity index (χ0n) is 18.1. The summed E-state index contributed by atoms with van der Waals surface area (Å²) in [6, 6.07) is 12.1. The van der Waals surface area contributed by atoms with Crippen molar-refractivity contribution < 1.29 is 14.3 Å². The number of anilines is 1. The van der Waals surface area contributed by atoms with Gasteiger partial charge in [0.05, 0.1) is 36.0 Å². The van der Waals surface area contributed by atoms with Gasteiger partial charge in [0.25, 0.3) is 0 Å². The summed E-state index contributed by atoms with van der Waals surface area (Å²) < 4.78 is 12.5. The van der Waals surface area contributed by atoms with E-state index < -0.39 is 0 Å². The van der Waals surface area contributed by atoms with E-state index in [4.69, 9.17) is 14.6 Å². The molecular weight excluding hydrogens is 458 g/mol. The number of hydrogen-bond donors (Lipinski definition) is 0. The molecular formula is C23H23N5O3S2. The Bertz CT molecular complexity index is 1180. The van der Waals surface area contributed by atoms with E-state index >= 15 is 0 Å². The number of rotatable bonds is 6. The molecule has 0 radical (unpaired) electrons. The molecule has 0 amide bonds. The Morgan fingerprint density at radius 2 is 2.00 bits per heavy atom. The lowest BCUT2D eigenvalue weighted by Gasteiger charge is -2.28. The molecule has 2 aromatic heterocycles. The Morgan fingerprint density at radius 1 is 1.18 bits per heavy atom. The second-order valence-corrected chi connectivity index (χ2v) is 9.29. The molecule has 2 aliphatic rings. The minimum atomic E-state index is -0.386. The minimum absolute atomic E-state index is 0.297. The number of carbonyl (C=O) groups excluding carboxylic acids is 1. The van der Waals surface area contributed by atoms with E-state index in [1.165, 1.54) is 11.8 Å². The molecule has 3 aromatic rings. The summed E-state index contributed by atoms with van der Waals surface area (Å²) in [6.07, 6.45) is 1.85. The average Bonchev–Trinajstić information content (AvgIpc) is 3.53. The highest BCUT2D eigenvalue weighted by Gasteiger charge is 2.26. The Labute approximate surface area is 199 Å². The molecule has 0 aliphatic carbocycles. The third kappa shape index (κ3) is 4.73. The predicted molar refractivity (Wildman–Crippen MR) is 131 cm³/mol. The number of ether oxygens (including phenoxy) is 2. The Balaban J connectivity index is 1.47. The predicted octanol–water partition coefficient (Wildman–Crippen LogP) is 3.80. The summed E-state index contributed by atoms with van der Waals surface area (Å²) in [5, 5.41) is 16.0. The Morgan fingerprint density at radius 3 is 2.73 bits per heavy atom. The van der Waals surface area contributed by atoms with Crippen LogP contribution >= 0.6 is 23.1 Å². The van der Waals surface area contributed by atoms with E-state index in [0.29, 0.717) is 34.6 Å². The van der Waals surface area contributed by atoms with Crippen molar-refractivity contribution in [3.05, 3.63) is 52.9 Å². The van der Waals surface area contributed by atoms with E-state index in [2.05, 4.69) is 27.2 Å². The van der Waals surface area contributed by atoms with Crippen LogP contribution in [0.5, 0.6) is 0 Å². The molecule has 0 bridgehead atoms. The number of hydrogen-bond acceptors (Lipinski definition) is 9. The maximum Gasteiger partial charge on any atom is 0.340 e. The molecule has 5 rings (SSSR count). The lowest BCUT2D eigenvalue weighted by molar-refractivity contribution is -0.137. The highest BCUT2D eigenvalue weighted by atomic mass is 32.2. The van der Waals surface area contributed by atoms with Crippen LogP contribution < -0.4 is 4.90 Å². The van der Waals surface area contributed by atoms with Crippen LogP contribution in [0.4, 0.5) is 5.69 Å². The summed E-state index contributed by atoms with van der Waals surface area (Å²) in [4.78, 5) is 16.2. The van der Waals surface area contributed by atoms with Gasteiger partial charge in [-0.3, -0.25) is 0 Å². The quantitative estimate of drug-likeness (QED) is 0.391. The van der Waals surface area contributed by atoms with Gasteiger partial charge in [0, 0.05) is 24.5 Å². The van der Waals surface area contributed by atoms with Crippen molar-refractivity contribution in [2.45, 2.75) is 12.1 Å². The molecule has 4 heterocycles. The summed E-state index contributed by atoms with van der Waals surface area (Å²) >= 11 is 3.08. The van der Waals surface area contributed by atoms with Gasteiger partial charge < -0.3 is 14.4 Å². The largest absolute Gasteiger partial charge is 0.462 e. The summed E-state index contributed by atoms with van der Waals surface area (Å²) in [5.41, 5.74) is 3.14. The van der Waals surface area contributed by atoms with Crippen molar-refractivity contribution in [1.82, 2.24) is 14.9 Å². The first-order valence-corrected chi connectivity index (χ1v) is 12.6. The Hall–Kier alpha value is -2.95. The van der Waals surface area contributed by atoms with Gasteiger partial charge in [-0.2, -0.15) is 9.78 Å². The van der Waals surface area contributed by atoms with Gasteiger partial charge in [0.2, 0.25) is 5.16 Å². The molecule has 0 spiro atoms. The number of fused-ring (bicyclic) bond motifs is 1. The van der Waals surface area contributed by atoms with Crippen LogP contribution in [0.1, 0.15) is 12.5 Å². The number of thioether (sulfide) groups is 1. The lowest BCUT2D eigenvalue weighted by atomic mass is 10.1. The van der Waals surface area contributed by atoms with Crippen molar-refractivity contribution in [1.29, 1.82) is 0 Å². The van der Waals surface area contributed by atoms with Crippen molar-refractivity contribution in [3.8, 4) is 10.7 Å². The zero-order chi connectivity index (χ0) is 22.6. The number of nitrogens with zero attached hydrogens (tertiary/aromatic N) is 5. The zero-order valence-corrected chi connectivity index (χ0v) is 19.8. The van der Waals surface area contributed by atoms with Crippen LogP contribution in [-0.4, -0.2) is 65.2 Å². The van der Waals surface area contributed by atoms with Gasteiger partial charge in [-0.1, -0.05) is 30.0 Å². The standard InChI is InChI=1S/C23H23N5O3S2/c1-2-31-22(29)18(14-16-5-7-17(8-6-16)27-9-11-30-12-10-27)19-15-33-23-25-24-21(28(23)26-19)20-4-3-13-32-20/h3-8,13-14H,2,9-12,15H2,1H3/b18-14-. The first kappa shape index (κ1) is 21.9. The smallest absolute Gasteiger partial charge is 0.340 e. The van der Waals surface area contributed by atoms with Gasteiger partial charge in [-0.05, 0) is 42.1 Å². The molecule has 2 aliphatic heterocycles. The summed E-state index contributed by atoms with van der Waals surface area (Å²) in [5.74, 6) is 0.796. The van der Waals surface area contributed by atoms with Gasteiger partial charge in [0.1, 0.15) is 0 Å². The molecule has 33 heavy (non-hydrogen) atoms. The monoisotopic (exact) mass is 481 g/mol. The van der Waals surface area contributed by atoms with Gasteiger partial charge in [0.15, 0.2) is 5.82 Å². The molecule has 1 fully saturated rings. The van der Waals surface area contributed by atoms with Crippen LogP contribution in [0.3, 0.4) is 0 Å². The average molecular weight is 482 g/mol. The number of esters is 1. The van der Waals surface area contributed by atoms with Crippen molar-refractivity contribution in [3.63, 3.8) is 0 Å². The fourth-order valence-electron chi connectivity index (χ4n) is 3.66. The lowest BCUT2D eigenvalue weighted by Crippen LogP contribution is -2.36. The topological polar surface area (TPSA) is 81.8 Å². The fraction of sp³-hybridized carbons (Fsp3) is 0.304. The minimum Gasteiger partial charge on any atom is -0.462 e. The highest BCUT2D eigenvalue weighted by molar-refractivity contribution is 7.99. The van der Waals surface area contributed by atoms with Crippen LogP contribution in [0.15, 0.2) is 57.6 Å². The van der Waals surface area contributed by atoms with E-state index in [0.717, 1.165) is 42.4 Å². The first-order chi connectivity index (χ1) is 16.2. The molecule has 0 saturated carbocycles. The SMILES string of the molecule is CCOC(=O)/C(=C\c1ccc(N2CCOCC2)cc1)C1=Nn2c(nnc2-c2cccs2)SC1.